The Morgan fingerprint density at radius 3 is 2.57 bits per heavy atom. The fourth-order valence-electron chi connectivity index (χ4n) is 4.43. The second-order valence-electron chi connectivity index (χ2n) is 8.71. The van der Waals surface area contributed by atoms with Gasteiger partial charge in [0, 0.05) is 23.6 Å². The molecule has 0 spiro atoms. The summed E-state index contributed by atoms with van der Waals surface area (Å²) in [6, 6.07) is 6.40. The SMILES string of the molecule is Cc1ccc2nc(C3CCC(=NC4CC4)CC3)nc(N3CC(N)C(F)C3)c2c1. The lowest BCUT2D eigenvalue weighted by Crippen LogP contribution is -2.30. The Hall–Kier alpha value is -2.08. The second kappa shape index (κ2) is 7.07. The first-order valence-corrected chi connectivity index (χ1v) is 10.6. The van der Waals surface area contributed by atoms with Gasteiger partial charge in [-0.1, -0.05) is 11.6 Å². The van der Waals surface area contributed by atoms with Gasteiger partial charge < -0.3 is 10.6 Å². The van der Waals surface area contributed by atoms with Gasteiger partial charge in [-0.05, 0) is 57.6 Å². The number of hydrogen-bond donors (Lipinski definition) is 1. The van der Waals surface area contributed by atoms with E-state index in [1.54, 1.807) is 0 Å². The zero-order chi connectivity index (χ0) is 19.3. The molecule has 2 atom stereocenters. The van der Waals surface area contributed by atoms with E-state index >= 15 is 0 Å². The lowest BCUT2D eigenvalue weighted by molar-refractivity contribution is 0.333. The van der Waals surface area contributed by atoms with Gasteiger partial charge in [0.15, 0.2) is 0 Å². The van der Waals surface area contributed by atoms with Crippen molar-refractivity contribution in [2.45, 2.75) is 69.6 Å². The number of alkyl halides is 1. The molecule has 2 N–H and O–H groups in total. The summed E-state index contributed by atoms with van der Waals surface area (Å²) in [5.74, 6) is 2.09. The van der Waals surface area contributed by atoms with Gasteiger partial charge in [-0.2, -0.15) is 0 Å². The van der Waals surface area contributed by atoms with Crippen molar-refractivity contribution in [2.24, 2.45) is 10.7 Å². The largest absolute Gasteiger partial charge is 0.351 e. The molecule has 0 radical (unpaired) electrons. The van der Waals surface area contributed by atoms with Crippen molar-refractivity contribution in [3.05, 3.63) is 29.6 Å². The highest BCUT2D eigenvalue weighted by atomic mass is 19.1. The zero-order valence-corrected chi connectivity index (χ0v) is 16.4. The normalized spacial score (nSPS) is 28.2. The Labute approximate surface area is 165 Å². The summed E-state index contributed by atoms with van der Waals surface area (Å²) in [4.78, 5) is 16.7. The molecule has 2 aromatic rings. The minimum absolute atomic E-state index is 0.309. The molecule has 3 aliphatic rings. The van der Waals surface area contributed by atoms with Crippen LogP contribution in [0.15, 0.2) is 23.2 Å². The number of nitrogens with two attached hydrogens (primary N) is 1. The molecule has 0 bridgehead atoms. The van der Waals surface area contributed by atoms with E-state index in [4.69, 9.17) is 20.7 Å². The summed E-state index contributed by atoms with van der Waals surface area (Å²) in [7, 11) is 0. The fourth-order valence-corrected chi connectivity index (χ4v) is 4.43. The highest BCUT2D eigenvalue weighted by Gasteiger charge is 2.33. The van der Waals surface area contributed by atoms with Crippen molar-refractivity contribution in [1.29, 1.82) is 0 Å². The third kappa shape index (κ3) is 3.50. The average molecular weight is 381 g/mol. The predicted molar refractivity (Wildman–Crippen MR) is 111 cm³/mol. The van der Waals surface area contributed by atoms with Crippen LogP contribution < -0.4 is 10.6 Å². The summed E-state index contributed by atoms with van der Waals surface area (Å²) in [6.07, 6.45) is 5.71. The predicted octanol–water partition coefficient (Wildman–Crippen LogP) is 3.68. The minimum atomic E-state index is -1.01. The van der Waals surface area contributed by atoms with Crippen molar-refractivity contribution in [1.82, 2.24) is 9.97 Å². The number of fused-ring (bicyclic) bond motifs is 1. The molecule has 148 valence electrons. The van der Waals surface area contributed by atoms with E-state index < -0.39 is 12.2 Å². The molecule has 5 rings (SSSR count). The molecule has 3 fully saturated rings. The molecular formula is C22H28FN5. The second-order valence-corrected chi connectivity index (χ2v) is 8.71. The van der Waals surface area contributed by atoms with Crippen molar-refractivity contribution in [3.8, 4) is 0 Å². The Morgan fingerprint density at radius 1 is 1.11 bits per heavy atom. The summed E-state index contributed by atoms with van der Waals surface area (Å²) in [5.41, 5.74) is 9.42. The van der Waals surface area contributed by atoms with E-state index in [1.165, 1.54) is 18.6 Å². The highest BCUT2D eigenvalue weighted by molar-refractivity contribution is 5.90. The molecule has 1 aliphatic heterocycles. The van der Waals surface area contributed by atoms with E-state index in [-0.39, 0.29) is 0 Å². The van der Waals surface area contributed by atoms with Gasteiger partial charge in [0.25, 0.3) is 0 Å². The van der Waals surface area contributed by atoms with Crippen molar-refractivity contribution in [2.75, 3.05) is 18.0 Å². The van der Waals surface area contributed by atoms with Gasteiger partial charge in [-0.15, -0.1) is 0 Å². The number of nitrogens with zero attached hydrogens (tertiary/aromatic N) is 4. The standard InChI is InChI=1S/C22H28FN5/c1-13-2-9-20-17(10-13)22(28-11-18(23)19(24)12-28)27-21(26-20)14-3-5-15(6-4-14)25-16-7-8-16/h2,9-10,14,16,18-19H,3-8,11-12,24H2,1H3. The Morgan fingerprint density at radius 2 is 1.89 bits per heavy atom. The van der Waals surface area contributed by atoms with Crippen LogP contribution in [0.4, 0.5) is 10.2 Å². The van der Waals surface area contributed by atoms with E-state index in [0.717, 1.165) is 53.8 Å². The molecule has 1 aromatic heterocycles. The molecule has 0 amide bonds. The number of benzene rings is 1. The lowest BCUT2D eigenvalue weighted by atomic mass is 9.87. The molecule has 1 saturated heterocycles. The molecule has 2 heterocycles. The van der Waals surface area contributed by atoms with E-state index in [2.05, 4.69) is 25.1 Å². The van der Waals surface area contributed by atoms with Crippen LogP contribution in [0.1, 0.15) is 55.8 Å². The lowest BCUT2D eigenvalue weighted by Gasteiger charge is -2.25. The maximum atomic E-state index is 14.1. The maximum absolute atomic E-state index is 14.1. The van der Waals surface area contributed by atoms with Crippen LogP contribution in [0.2, 0.25) is 0 Å². The first-order chi connectivity index (χ1) is 13.6. The Kier molecular flexibility index (Phi) is 4.54. The van der Waals surface area contributed by atoms with Crippen LogP contribution in [0, 0.1) is 6.92 Å². The highest BCUT2D eigenvalue weighted by Crippen LogP contribution is 2.35. The smallest absolute Gasteiger partial charge is 0.140 e. The Balaban J connectivity index is 1.47. The van der Waals surface area contributed by atoms with Crippen LogP contribution in [-0.2, 0) is 0 Å². The van der Waals surface area contributed by atoms with E-state index in [0.29, 0.717) is 25.0 Å². The first-order valence-electron chi connectivity index (χ1n) is 10.6. The summed E-state index contributed by atoms with van der Waals surface area (Å²) in [6.45, 7) is 2.87. The van der Waals surface area contributed by atoms with Crippen LogP contribution >= 0.6 is 0 Å². The van der Waals surface area contributed by atoms with Crippen molar-refractivity contribution in [3.63, 3.8) is 0 Å². The van der Waals surface area contributed by atoms with Gasteiger partial charge in [0.05, 0.1) is 24.1 Å². The molecule has 2 aliphatic carbocycles. The summed E-state index contributed by atoms with van der Waals surface area (Å²) >= 11 is 0. The third-order valence-corrected chi connectivity index (χ3v) is 6.28. The summed E-state index contributed by atoms with van der Waals surface area (Å²) < 4.78 is 14.1. The number of rotatable bonds is 3. The van der Waals surface area contributed by atoms with E-state index in [9.17, 15) is 4.39 Å². The number of anilines is 1. The van der Waals surface area contributed by atoms with Crippen molar-refractivity contribution < 1.29 is 4.39 Å². The molecule has 28 heavy (non-hydrogen) atoms. The molecule has 5 nitrogen and oxygen atoms in total. The summed E-state index contributed by atoms with van der Waals surface area (Å²) in [5, 5.41) is 0.997. The number of aryl methyl sites for hydroxylation is 1. The quantitative estimate of drug-likeness (QED) is 0.881. The topological polar surface area (TPSA) is 67.4 Å². The maximum Gasteiger partial charge on any atom is 0.140 e. The van der Waals surface area contributed by atoms with Crippen LogP contribution in [0.3, 0.4) is 0 Å². The van der Waals surface area contributed by atoms with Gasteiger partial charge in [-0.25, -0.2) is 14.4 Å². The van der Waals surface area contributed by atoms with Gasteiger partial charge >= 0.3 is 0 Å². The van der Waals surface area contributed by atoms with E-state index in [1.807, 2.05) is 4.90 Å². The number of aliphatic imine (C=N–C) groups is 1. The third-order valence-electron chi connectivity index (χ3n) is 6.28. The van der Waals surface area contributed by atoms with Crippen LogP contribution in [-0.4, -0.2) is 47.0 Å². The first kappa shape index (κ1) is 18.0. The number of hydrogen-bond acceptors (Lipinski definition) is 5. The monoisotopic (exact) mass is 381 g/mol. The van der Waals surface area contributed by atoms with Gasteiger partial charge in [0.2, 0.25) is 0 Å². The average Bonchev–Trinajstić information content (AvgIpc) is 3.44. The van der Waals surface area contributed by atoms with Crippen LogP contribution in [0.5, 0.6) is 0 Å². The molecule has 1 aromatic carbocycles. The zero-order valence-electron chi connectivity index (χ0n) is 16.4. The van der Waals surface area contributed by atoms with Gasteiger partial charge in [0.1, 0.15) is 17.8 Å². The van der Waals surface area contributed by atoms with Gasteiger partial charge in [-0.3, -0.25) is 4.99 Å². The molecule has 2 saturated carbocycles. The molecular weight excluding hydrogens is 353 g/mol. The van der Waals surface area contributed by atoms with Crippen LogP contribution in [0.25, 0.3) is 10.9 Å². The molecule has 2 unspecified atom stereocenters. The molecule has 6 heteroatoms. The number of aromatic nitrogens is 2. The Bertz CT molecular complexity index is 903. The van der Waals surface area contributed by atoms with Crippen molar-refractivity contribution >= 4 is 22.4 Å². The minimum Gasteiger partial charge on any atom is -0.351 e. The number of halogens is 1. The fraction of sp³-hybridized carbons (Fsp3) is 0.591.